The van der Waals surface area contributed by atoms with Crippen molar-refractivity contribution in [1.29, 1.82) is 0 Å². The fourth-order valence-electron chi connectivity index (χ4n) is 2.19. The number of rotatable bonds is 6. The Kier molecular flexibility index (Phi) is 5.07. The highest BCUT2D eigenvalue weighted by Gasteiger charge is 2.28. The number of nitro groups is 1. The van der Waals surface area contributed by atoms with Gasteiger partial charge in [0.05, 0.1) is 4.92 Å². The number of hydrogen-bond donors (Lipinski definition) is 1. The zero-order chi connectivity index (χ0) is 17.0. The van der Waals surface area contributed by atoms with Gasteiger partial charge in [0.15, 0.2) is 4.90 Å². The molecule has 0 aliphatic carbocycles. The largest absolute Gasteiger partial charge is 0.289 e. The summed E-state index contributed by atoms with van der Waals surface area (Å²) >= 11 is 0. The Labute approximate surface area is 134 Å². The number of aryl methyl sites for hydroxylation is 1. The highest BCUT2D eigenvalue weighted by atomic mass is 32.2. The molecule has 7 nitrogen and oxygen atoms in total. The van der Waals surface area contributed by atoms with E-state index in [1.807, 2.05) is 6.07 Å². The molecule has 0 atom stereocenters. The molecule has 0 unspecified atom stereocenters. The lowest BCUT2D eigenvalue weighted by molar-refractivity contribution is -0.387. The summed E-state index contributed by atoms with van der Waals surface area (Å²) in [6.07, 6.45) is 2.03. The molecule has 1 aromatic heterocycles. The van der Waals surface area contributed by atoms with Crippen LogP contribution in [-0.2, 0) is 16.4 Å². The standard InChI is InChI=1S/C15H17N3O4S/c1-11-6-7-14(18(19)20)15(12(11)2)23(21,22)17-10-8-13-5-3-4-9-16-13/h3-7,9,17H,8,10H2,1-2H3. The number of sulfonamides is 1. The lowest BCUT2D eigenvalue weighted by atomic mass is 10.1. The van der Waals surface area contributed by atoms with Crippen LogP contribution in [0.4, 0.5) is 5.69 Å². The summed E-state index contributed by atoms with van der Waals surface area (Å²) in [6.45, 7) is 3.39. The van der Waals surface area contributed by atoms with Crippen molar-refractivity contribution >= 4 is 15.7 Å². The van der Waals surface area contributed by atoms with E-state index in [2.05, 4.69) is 9.71 Å². The number of aromatic nitrogens is 1. The molecule has 1 N–H and O–H groups in total. The minimum absolute atomic E-state index is 0.115. The van der Waals surface area contributed by atoms with Crippen LogP contribution in [0.15, 0.2) is 41.4 Å². The van der Waals surface area contributed by atoms with E-state index in [0.29, 0.717) is 17.5 Å². The van der Waals surface area contributed by atoms with Gasteiger partial charge in [-0.2, -0.15) is 0 Å². The van der Waals surface area contributed by atoms with Gasteiger partial charge in [0, 0.05) is 30.9 Å². The summed E-state index contributed by atoms with van der Waals surface area (Å²) in [7, 11) is -3.98. The quantitative estimate of drug-likeness (QED) is 0.643. The van der Waals surface area contributed by atoms with Crippen LogP contribution in [0.5, 0.6) is 0 Å². The predicted molar refractivity (Wildman–Crippen MR) is 85.7 cm³/mol. The number of hydrogen-bond acceptors (Lipinski definition) is 5. The normalized spacial score (nSPS) is 11.4. The first-order valence-electron chi connectivity index (χ1n) is 6.97. The van der Waals surface area contributed by atoms with E-state index in [9.17, 15) is 18.5 Å². The molecule has 0 saturated heterocycles. The SMILES string of the molecule is Cc1ccc([N+](=O)[O-])c(S(=O)(=O)NCCc2ccccn2)c1C. The monoisotopic (exact) mass is 335 g/mol. The molecule has 1 aromatic carbocycles. The van der Waals surface area contributed by atoms with Crippen LogP contribution in [0.25, 0.3) is 0 Å². The van der Waals surface area contributed by atoms with Gasteiger partial charge >= 0.3 is 0 Å². The second-order valence-corrected chi connectivity index (χ2v) is 6.79. The van der Waals surface area contributed by atoms with Crippen LogP contribution < -0.4 is 4.72 Å². The van der Waals surface area contributed by atoms with E-state index in [1.54, 1.807) is 38.2 Å². The maximum atomic E-state index is 12.5. The van der Waals surface area contributed by atoms with Gasteiger partial charge in [-0.25, -0.2) is 13.1 Å². The molecule has 0 aliphatic heterocycles. The third-order valence-electron chi connectivity index (χ3n) is 3.52. The number of nitro benzene ring substituents is 1. The van der Waals surface area contributed by atoms with Crippen LogP contribution >= 0.6 is 0 Å². The third-order valence-corrected chi connectivity index (χ3v) is 5.16. The van der Waals surface area contributed by atoms with Crippen molar-refractivity contribution in [3.63, 3.8) is 0 Å². The number of benzene rings is 1. The fourth-order valence-corrected chi connectivity index (χ4v) is 3.69. The molecule has 1 heterocycles. The van der Waals surface area contributed by atoms with Crippen LogP contribution in [0, 0.1) is 24.0 Å². The molecule has 0 saturated carbocycles. The van der Waals surface area contributed by atoms with Crippen LogP contribution in [0.3, 0.4) is 0 Å². The van der Waals surface area contributed by atoms with Crippen molar-refractivity contribution in [2.75, 3.05) is 6.54 Å². The van der Waals surface area contributed by atoms with Gasteiger partial charge in [0.2, 0.25) is 10.0 Å². The first kappa shape index (κ1) is 17.0. The number of nitrogens with zero attached hydrogens (tertiary/aromatic N) is 2. The van der Waals surface area contributed by atoms with Gasteiger partial charge in [-0.1, -0.05) is 12.1 Å². The summed E-state index contributed by atoms with van der Waals surface area (Å²) in [5.74, 6) is 0. The van der Waals surface area contributed by atoms with Crippen LogP contribution in [0.1, 0.15) is 16.8 Å². The Bertz CT molecular complexity index is 820. The Balaban J connectivity index is 2.26. The molecule has 8 heteroatoms. The maximum absolute atomic E-state index is 12.5. The second-order valence-electron chi connectivity index (χ2n) is 5.08. The lowest BCUT2D eigenvalue weighted by Crippen LogP contribution is -2.27. The first-order chi connectivity index (χ1) is 10.8. The van der Waals surface area contributed by atoms with Gasteiger partial charge in [-0.15, -0.1) is 0 Å². The average molecular weight is 335 g/mol. The zero-order valence-corrected chi connectivity index (χ0v) is 13.6. The molecule has 0 bridgehead atoms. The van der Waals surface area contributed by atoms with Gasteiger partial charge in [0.1, 0.15) is 0 Å². The molecule has 23 heavy (non-hydrogen) atoms. The summed E-state index contributed by atoms with van der Waals surface area (Å²) in [5, 5.41) is 11.1. The number of nitrogens with one attached hydrogen (secondary N) is 1. The topological polar surface area (TPSA) is 102 Å². The Morgan fingerprint density at radius 2 is 1.96 bits per heavy atom. The van der Waals surface area contributed by atoms with Gasteiger partial charge in [-0.05, 0) is 37.1 Å². The molecule has 0 aliphatic rings. The summed E-state index contributed by atoms with van der Waals surface area (Å²) in [6, 6.07) is 8.13. The molecule has 2 rings (SSSR count). The molecular formula is C15H17N3O4S. The van der Waals surface area contributed by atoms with E-state index in [4.69, 9.17) is 0 Å². The smallest absolute Gasteiger partial charge is 0.261 e. The highest BCUT2D eigenvalue weighted by Crippen LogP contribution is 2.29. The first-order valence-corrected chi connectivity index (χ1v) is 8.45. The molecule has 2 aromatic rings. The molecule has 0 spiro atoms. The van der Waals surface area contributed by atoms with Gasteiger partial charge in [0.25, 0.3) is 5.69 Å². The van der Waals surface area contributed by atoms with E-state index >= 15 is 0 Å². The van der Waals surface area contributed by atoms with Crippen molar-refractivity contribution in [2.24, 2.45) is 0 Å². The molecular weight excluding hydrogens is 318 g/mol. The van der Waals surface area contributed by atoms with Crippen molar-refractivity contribution < 1.29 is 13.3 Å². The lowest BCUT2D eigenvalue weighted by Gasteiger charge is -2.11. The van der Waals surface area contributed by atoms with Crippen molar-refractivity contribution in [2.45, 2.75) is 25.2 Å². The fraction of sp³-hybridized carbons (Fsp3) is 0.267. The zero-order valence-electron chi connectivity index (χ0n) is 12.8. The van der Waals surface area contributed by atoms with Crippen molar-refractivity contribution in [1.82, 2.24) is 9.71 Å². The van der Waals surface area contributed by atoms with E-state index in [-0.39, 0.29) is 11.4 Å². The Morgan fingerprint density at radius 1 is 1.22 bits per heavy atom. The molecule has 122 valence electrons. The predicted octanol–water partition coefficient (Wildman–Crippen LogP) is 2.13. The second kappa shape index (κ2) is 6.84. The van der Waals surface area contributed by atoms with Crippen LogP contribution in [0.2, 0.25) is 0 Å². The Hall–Kier alpha value is -2.32. The maximum Gasteiger partial charge on any atom is 0.289 e. The minimum atomic E-state index is -3.98. The van der Waals surface area contributed by atoms with Gasteiger partial charge in [-0.3, -0.25) is 15.1 Å². The molecule has 0 radical (unpaired) electrons. The minimum Gasteiger partial charge on any atom is -0.261 e. The summed E-state index contributed by atoms with van der Waals surface area (Å²) in [4.78, 5) is 14.3. The highest BCUT2D eigenvalue weighted by molar-refractivity contribution is 7.89. The Morgan fingerprint density at radius 3 is 2.57 bits per heavy atom. The third kappa shape index (κ3) is 3.91. The van der Waals surface area contributed by atoms with Crippen molar-refractivity contribution in [3.05, 3.63) is 63.5 Å². The summed E-state index contributed by atoms with van der Waals surface area (Å²) in [5.41, 5.74) is 1.38. The van der Waals surface area contributed by atoms with E-state index < -0.39 is 20.6 Å². The van der Waals surface area contributed by atoms with Crippen LogP contribution in [-0.4, -0.2) is 24.9 Å². The number of pyridine rings is 1. The van der Waals surface area contributed by atoms with Crippen molar-refractivity contribution in [3.8, 4) is 0 Å². The van der Waals surface area contributed by atoms with Gasteiger partial charge < -0.3 is 0 Å². The van der Waals surface area contributed by atoms with E-state index in [1.165, 1.54) is 6.07 Å². The van der Waals surface area contributed by atoms with E-state index in [0.717, 1.165) is 5.69 Å². The molecule has 0 amide bonds. The molecule has 0 fully saturated rings. The average Bonchev–Trinajstić information content (AvgIpc) is 2.50. The summed E-state index contributed by atoms with van der Waals surface area (Å²) < 4.78 is 27.4.